The monoisotopic (exact) mass is 379 g/mol. The highest BCUT2D eigenvalue weighted by Crippen LogP contribution is 2.26. The van der Waals surface area contributed by atoms with Crippen molar-refractivity contribution < 1.29 is 9.53 Å². The Bertz CT molecular complexity index is 977. The van der Waals surface area contributed by atoms with E-state index in [0.717, 1.165) is 59.2 Å². The first-order chi connectivity index (χ1) is 13.2. The summed E-state index contributed by atoms with van der Waals surface area (Å²) in [5, 5.41) is 5.96. The van der Waals surface area contributed by atoms with Crippen molar-refractivity contribution in [1.29, 1.82) is 0 Å². The molecule has 6 heteroatoms. The van der Waals surface area contributed by atoms with Gasteiger partial charge >= 0.3 is 0 Å². The lowest BCUT2D eigenvalue weighted by Gasteiger charge is -2.28. The maximum absolute atomic E-state index is 12.2. The maximum atomic E-state index is 12.2. The van der Waals surface area contributed by atoms with Crippen LogP contribution in [0, 0.1) is 6.92 Å². The third-order valence-corrected chi connectivity index (χ3v) is 5.38. The minimum atomic E-state index is -0.140. The molecule has 0 bridgehead atoms. The summed E-state index contributed by atoms with van der Waals surface area (Å²) in [6.07, 6.45) is 3.38. The lowest BCUT2D eigenvalue weighted by Crippen LogP contribution is -2.36. The number of aromatic nitrogens is 1. The average molecular weight is 379 g/mol. The normalized spacial score (nSPS) is 14.8. The van der Waals surface area contributed by atoms with Gasteiger partial charge in [0.05, 0.1) is 18.7 Å². The number of fused-ring (bicyclic) bond motifs is 1. The molecule has 1 aliphatic rings. The molecule has 3 heterocycles. The van der Waals surface area contributed by atoms with Crippen LogP contribution in [0.1, 0.15) is 10.4 Å². The quantitative estimate of drug-likeness (QED) is 0.694. The summed E-state index contributed by atoms with van der Waals surface area (Å²) in [5.74, 6) is 0.845. The molecule has 0 spiro atoms. The Labute approximate surface area is 162 Å². The second kappa shape index (κ2) is 7.90. The summed E-state index contributed by atoms with van der Waals surface area (Å²) >= 11 is 1.60. The number of morpholine rings is 1. The van der Waals surface area contributed by atoms with Crippen LogP contribution in [-0.4, -0.2) is 37.2 Å². The fourth-order valence-electron chi connectivity index (χ4n) is 3.14. The molecule has 1 fully saturated rings. The molecule has 0 unspecified atom stereocenters. The highest BCUT2D eigenvalue weighted by atomic mass is 32.1. The summed E-state index contributed by atoms with van der Waals surface area (Å²) < 4.78 is 5.42. The van der Waals surface area contributed by atoms with Gasteiger partial charge in [0, 0.05) is 35.1 Å². The van der Waals surface area contributed by atoms with E-state index in [4.69, 9.17) is 9.72 Å². The first kappa shape index (κ1) is 17.7. The number of nitrogens with zero attached hydrogens (tertiary/aromatic N) is 2. The summed E-state index contributed by atoms with van der Waals surface area (Å²) in [6.45, 7) is 5.28. The van der Waals surface area contributed by atoms with Gasteiger partial charge in [-0.25, -0.2) is 4.98 Å². The van der Waals surface area contributed by atoms with Crippen molar-refractivity contribution in [2.24, 2.45) is 0 Å². The van der Waals surface area contributed by atoms with E-state index in [1.807, 2.05) is 41.8 Å². The molecule has 1 saturated heterocycles. The summed E-state index contributed by atoms with van der Waals surface area (Å²) in [5.41, 5.74) is 2.85. The number of hydrogen-bond acceptors (Lipinski definition) is 5. The molecule has 5 nitrogen and oxygen atoms in total. The number of aryl methyl sites for hydroxylation is 1. The largest absolute Gasteiger partial charge is 0.378 e. The van der Waals surface area contributed by atoms with Gasteiger partial charge in [0.2, 0.25) is 5.91 Å². The fraction of sp³-hybridized carbons (Fsp3) is 0.238. The molecular formula is C21H21N3O2S. The number of anilines is 2. The van der Waals surface area contributed by atoms with Crippen molar-refractivity contribution in [3.63, 3.8) is 0 Å². The highest BCUT2D eigenvalue weighted by molar-refractivity contribution is 7.10. The molecule has 138 valence electrons. The summed E-state index contributed by atoms with van der Waals surface area (Å²) in [4.78, 5) is 20.3. The standard InChI is InChI=1S/C21H21N3O2S/c1-15-13-20(24-8-10-26-11-9-24)23-19-6-4-16(14-18(15)19)22-21(25)7-5-17-3-2-12-27-17/h2-7,12-14H,8-11H2,1H3,(H,22,25)/b7-5+. The van der Waals surface area contributed by atoms with Crippen molar-refractivity contribution in [3.05, 3.63) is 58.3 Å². The molecule has 0 aliphatic carbocycles. The Hall–Kier alpha value is -2.70. The zero-order valence-electron chi connectivity index (χ0n) is 15.1. The zero-order chi connectivity index (χ0) is 18.6. The van der Waals surface area contributed by atoms with Crippen molar-refractivity contribution >= 4 is 45.7 Å². The Morgan fingerprint density at radius 3 is 2.89 bits per heavy atom. The number of benzene rings is 1. The molecule has 0 atom stereocenters. The van der Waals surface area contributed by atoms with E-state index in [-0.39, 0.29) is 5.91 Å². The van der Waals surface area contributed by atoms with Crippen LogP contribution in [0.2, 0.25) is 0 Å². The van der Waals surface area contributed by atoms with Crippen molar-refractivity contribution in [2.45, 2.75) is 6.92 Å². The number of hydrogen-bond donors (Lipinski definition) is 1. The van der Waals surface area contributed by atoms with Crippen LogP contribution in [0.15, 0.2) is 47.9 Å². The van der Waals surface area contributed by atoms with Crippen molar-refractivity contribution in [3.8, 4) is 0 Å². The van der Waals surface area contributed by atoms with Gasteiger partial charge in [-0.15, -0.1) is 11.3 Å². The van der Waals surface area contributed by atoms with Gasteiger partial charge < -0.3 is 15.0 Å². The number of carbonyl (C=O) groups excluding carboxylic acids is 1. The van der Waals surface area contributed by atoms with Crippen LogP contribution in [0.5, 0.6) is 0 Å². The SMILES string of the molecule is Cc1cc(N2CCOCC2)nc2ccc(NC(=O)/C=C/c3cccs3)cc12. The summed E-state index contributed by atoms with van der Waals surface area (Å²) in [7, 11) is 0. The molecule has 1 N–H and O–H groups in total. The maximum Gasteiger partial charge on any atom is 0.248 e. The smallest absolute Gasteiger partial charge is 0.248 e. The minimum Gasteiger partial charge on any atom is -0.378 e. The predicted molar refractivity (Wildman–Crippen MR) is 111 cm³/mol. The number of nitrogens with one attached hydrogen (secondary N) is 1. The minimum absolute atomic E-state index is 0.140. The second-order valence-corrected chi connectivity index (χ2v) is 7.45. The van der Waals surface area contributed by atoms with Gasteiger partial charge in [-0.3, -0.25) is 4.79 Å². The van der Waals surface area contributed by atoms with Crippen LogP contribution >= 0.6 is 11.3 Å². The van der Waals surface area contributed by atoms with Gasteiger partial charge in [0.25, 0.3) is 0 Å². The van der Waals surface area contributed by atoms with E-state index >= 15 is 0 Å². The number of rotatable bonds is 4. The van der Waals surface area contributed by atoms with Crippen LogP contribution in [0.25, 0.3) is 17.0 Å². The van der Waals surface area contributed by atoms with Gasteiger partial charge in [-0.05, 0) is 54.3 Å². The van der Waals surface area contributed by atoms with E-state index in [0.29, 0.717) is 0 Å². The third kappa shape index (κ3) is 4.18. The molecule has 27 heavy (non-hydrogen) atoms. The Kier molecular flexibility index (Phi) is 5.18. The first-order valence-electron chi connectivity index (χ1n) is 8.96. The van der Waals surface area contributed by atoms with Gasteiger partial charge in [0.1, 0.15) is 5.82 Å². The molecule has 0 saturated carbocycles. The van der Waals surface area contributed by atoms with Gasteiger partial charge in [-0.2, -0.15) is 0 Å². The molecule has 1 aliphatic heterocycles. The number of ether oxygens (including phenoxy) is 1. The third-order valence-electron chi connectivity index (χ3n) is 4.55. The molecular weight excluding hydrogens is 358 g/mol. The molecule has 1 aromatic carbocycles. The highest BCUT2D eigenvalue weighted by Gasteiger charge is 2.14. The van der Waals surface area contributed by atoms with E-state index in [2.05, 4.69) is 23.2 Å². The Morgan fingerprint density at radius 2 is 2.11 bits per heavy atom. The molecule has 0 radical (unpaired) electrons. The van der Waals surface area contributed by atoms with Gasteiger partial charge in [0.15, 0.2) is 0 Å². The summed E-state index contributed by atoms with van der Waals surface area (Å²) in [6, 6.07) is 11.9. The van der Waals surface area contributed by atoms with Crippen LogP contribution < -0.4 is 10.2 Å². The molecule has 4 rings (SSSR count). The fourth-order valence-corrected chi connectivity index (χ4v) is 3.75. The number of pyridine rings is 1. The van der Waals surface area contributed by atoms with Crippen LogP contribution in [-0.2, 0) is 9.53 Å². The van der Waals surface area contributed by atoms with Crippen molar-refractivity contribution in [1.82, 2.24) is 4.98 Å². The number of thiophene rings is 1. The predicted octanol–water partition coefficient (Wildman–Crippen LogP) is 4.09. The number of carbonyl (C=O) groups is 1. The lowest BCUT2D eigenvalue weighted by atomic mass is 10.1. The lowest BCUT2D eigenvalue weighted by molar-refractivity contribution is -0.111. The molecule has 2 aromatic heterocycles. The van der Waals surface area contributed by atoms with Crippen LogP contribution in [0.4, 0.5) is 11.5 Å². The van der Waals surface area contributed by atoms with E-state index in [9.17, 15) is 4.79 Å². The van der Waals surface area contributed by atoms with E-state index < -0.39 is 0 Å². The Balaban J connectivity index is 1.53. The Morgan fingerprint density at radius 1 is 1.26 bits per heavy atom. The van der Waals surface area contributed by atoms with E-state index in [1.165, 1.54) is 0 Å². The van der Waals surface area contributed by atoms with Crippen LogP contribution in [0.3, 0.4) is 0 Å². The molecule has 1 amide bonds. The van der Waals surface area contributed by atoms with Crippen molar-refractivity contribution in [2.75, 3.05) is 36.5 Å². The zero-order valence-corrected chi connectivity index (χ0v) is 16.0. The average Bonchev–Trinajstić information content (AvgIpc) is 3.21. The second-order valence-electron chi connectivity index (χ2n) is 6.47. The molecule has 3 aromatic rings. The van der Waals surface area contributed by atoms with Gasteiger partial charge in [-0.1, -0.05) is 6.07 Å². The first-order valence-corrected chi connectivity index (χ1v) is 9.84. The number of amides is 1. The topological polar surface area (TPSA) is 54.5 Å². The van der Waals surface area contributed by atoms with E-state index in [1.54, 1.807) is 17.4 Å².